The monoisotopic (exact) mass is 503 g/mol. The molecule has 6 rings (SSSR count). The second-order valence-corrected chi connectivity index (χ2v) is 8.87. The van der Waals surface area contributed by atoms with Gasteiger partial charge in [0.05, 0.1) is 11.9 Å². The number of fused-ring (bicyclic) bond motifs is 1. The lowest BCUT2D eigenvalue weighted by atomic mass is 10.2. The highest BCUT2D eigenvalue weighted by Gasteiger charge is 2.38. The minimum atomic E-state index is -4.64. The molecule has 0 saturated carbocycles. The van der Waals surface area contributed by atoms with Crippen LogP contribution in [-0.4, -0.2) is 34.1 Å². The van der Waals surface area contributed by atoms with Crippen LogP contribution in [0.2, 0.25) is 0 Å². The maximum absolute atomic E-state index is 13.8. The quantitative estimate of drug-likeness (QED) is 0.290. The Morgan fingerprint density at radius 1 is 0.861 bits per heavy atom. The number of aromatic nitrogens is 7. The van der Waals surface area contributed by atoms with E-state index in [9.17, 15) is 13.2 Å². The zero-order chi connectivity index (χ0) is 24.9. The van der Waals surface area contributed by atoms with Crippen LogP contribution in [0.25, 0.3) is 44.6 Å². The summed E-state index contributed by atoms with van der Waals surface area (Å²) in [7, 11) is 0. The number of nitrogens with zero attached hydrogens (tertiary/aromatic N) is 7. The Morgan fingerprint density at radius 2 is 1.67 bits per heavy atom. The molecule has 0 radical (unpaired) electrons. The Morgan fingerprint density at radius 3 is 2.36 bits per heavy atom. The van der Waals surface area contributed by atoms with Crippen LogP contribution in [0.3, 0.4) is 0 Å². The number of hydrogen-bond acceptors (Lipinski definition) is 6. The summed E-state index contributed by atoms with van der Waals surface area (Å²) in [5, 5.41) is 2.63. The Labute approximate surface area is 206 Å². The fraction of sp³-hybridized carbons (Fsp3) is 0.0800. The molecule has 0 saturated heterocycles. The molecule has 5 aromatic heterocycles. The molecule has 0 spiro atoms. The highest BCUT2D eigenvalue weighted by molar-refractivity contribution is 7.13. The normalized spacial score (nSPS) is 11.9. The molecule has 0 atom stereocenters. The molecule has 7 nitrogen and oxygen atoms in total. The summed E-state index contributed by atoms with van der Waals surface area (Å²) >= 11 is 1.47. The first-order valence-corrected chi connectivity index (χ1v) is 11.7. The second-order valence-electron chi connectivity index (χ2n) is 7.98. The summed E-state index contributed by atoms with van der Waals surface area (Å²) in [5.41, 5.74) is 3.69. The van der Waals surface area contributed by atoms with Crippen LogP contribution in [0.1, 0.15) is 11.5 Å². The lowest BCUT2D eigenvalue weighted by Crippen LogP contribution is -2.14. The van der Waals surface area contributed by atoms with E-state index in [2.05, 4.69) is 19.9 Å². The van der Waals surface area contributed by atoms with Gasteiger partial charge in [0, 0.05) is 40.9 Å². The van der Waals surface area contributed by atoms with Gasteiger partial charge in [-0.3, -0.25) is 14.1 Å². The van der Waals surface area contributed by atoms with E-state index >= 15 is 0 Å². The van der Waals surface area contributed by atoms with Gasteiger partial charge in [-0.05, 0) is 55.5 Å². The van der Waals surface area contributed by atoms with Gasteiger partial charge in [-0.1, -0.05) is 0 Å². The number of pyridine rings is 2. The first-order chi connectivity index (χ1) is 17.4. The van der Waals surface area contributed by atoms with Gasteiger partial charge in [0.2, 0.25) is 5.82 Å². The van der Waals surface area contributed by atoms with E-state index in [0.717, 1.165) is 21.0 Å². The Balaban J connectivity index is 1.48. The lowest BCUT2D eigenvalue weighted by molar-refractivity contribution is -0.145. The fourth-order valence-electron chi connectivity index (χ4n) is 3.94. The predicted octanol–water partition coefficient (Wildman–Crippen LogP) is 6.12. The van der Waals surface area contributed by atoms with Gasteiger partial charge in [-0.25, -0.2) is 19.9 Å². The molecule has 0 N–H and O–H groups in total. The number of aryl methyl sites for hydroxylation is 1. The first-order valence-electron chi connectivity index (χ1n) is 10.8. The number of benzene rings is 1. The molecule has 0 fully saturated rings. The maximum atomic E-state index is 13.8. The van der Waals surface area contributed by atoms with Crippen LogP contribution in [0.15, 0.2) is 78.7 Å². The smallest absolute Gasteiger partial charge is 0.297 e. The van der Waals surface area contributed by atoms with Gasteiger partial charge in [0.1, 0.15) is 22.0 Å². The van der Waals surface area contributed by atoms with E-state index in [1.165, 1.54) is 23.6 Å². The molecule has 0 aliphatic rings. The van der Waals surface area contributed by atoms with Crippen LogP contribution in [0, 0.1) is 6.92 Å². The van der Waals surface area contributed by atoms with Crippen LogP contribution in [0.4, 0.5) is 13.2 Å². The first kappa shape index (κ1) is 22.1. The summed E-state index contributed by atoms with van der Waals surface area (Å²) < 4.78 is 44.3. The van der Waals surface area contributed by atoms with Gasteiger partial charge in [-0.15, -0.1) is 11.3 Å². The second kappa shape index (κ2) is 8.38. The largest absolute Gasteiger partial charge is 0.450 e. The molecule has 0 bridgehead atoms. The van der Waals surface area contributed by atoms with E-state index in [1.807, 2.05) is 35.2 Å². The van der Waals surface area contributed by atoms with Crippen molar-refractivity contribution in [2.24, 2.45) is 0 Å². The third-order valence-electron chi connectivity index (χ3n) is 5.58. The number of hydrogen-bond donors (Lipinski definition) is 0. The Kier molecular flexibility index (Phi) is 5.15. The molecular formula is C25H16F3N7S. The van der Waals surface area contributed by atoms with E-state index < -0.39 is 12.0 Å². The van der Waals surface area contributed by atoms with Gasteiger partial charge < -0.3 is 0 Å². The van der Waals surface area contributed by atoms with Crippen molar-refractivity contribution in [1.29, 1.82) is 0 Å². The van der Waals surface area contributed by atoms with E-state index in [0.29, 0.717) is 22.8 Å². The van der Waals surface area contributed by atoms with Crippen molar-refractivity contribution in [1.82, 2.24) is 34.1 Å². The molecule has 36 heavy (non-hydrogen) atoms. The Bertz CT molecular complexity index is 1670. The van der Waals surface area contributed by atoms with E-state index in [4.69, 9.17) is 4.98 Å². The molecular weight excluding hydrogens is 487 g/mol. The van der Waals surface area contributed by atoms with Gasteiger partial charge >= 0.3 is 6.18 Å². The Hall–Kier alpha value is -4.38. The van der Waals surface area contributed by atoms with Crippen molar-refractivity contribution in [3.63, 3.8) is 0 Å². The predicted molar refractivity (Wildman–Crippen MR) is 130 cm³/mol. The van der Waals surface area contributed by atoms with E-state index in [1.54, 1.807) is 42.7 Å². The fourth-order valence-corrected chi connectivity index (χ4v) is 4.53. The molecule has 5 heterocycles. The summed E-state index contributed by atoms with van der Waals surface area (Å²) in [6.45, 7) is 1.90. The van der Waals surface area contributed by atoms with Crippen molar-refractivity contribution >= 4 is 22.5 Å². The summed E-state index contributed by atoms with van der Waals surface area (Å²) in [5.74, 6) is -0.413. The van der Waals surface area contributed by atoms with E-state index in [-0.39, 0.29) is 11.2 Å². The van der Waals surface area contributed by atoms with Crippen molar-refractivity contribution < 1.29 is 13.2 Å². The standard InChI is InChI=1S/C25H16F3N7S/c1-15-4-7-18(13-31-15)34-14-20(23-30-11-12-36-23)32-21(34)16-5-8-17(9-6-16)35-22-19(3-2-10-29-22)33-24(35)25(26,27)28/h2-14H,1H3. The molecule has 0 aliphatic carbocycles. The minimum Gasteiger partial charge on any atom is -0.297 e. The van der Waals surface area contributed by atoms with Gasteiger partial charge in [0.15, 0.2) is 5.65 Å². The minimum absolute atomic E-state index is 0.135. The molecule has 6 aromatic rings. The van der Waals surface area contributed by atoms with Crippen LogP contribution >= 0.6 is 11.3 Å². The zero-order valence-corrected chi connectivity index (χ0v) is 19.5. The van der Waals surface area contributed by atoms with Crippen molar-refractivity contribution in [2.75, 3.05) is 0 Å². The molecule has 0 unspecified atom stereocenters. The number of thiazole rings is 1. The number of rotatable bonds is 4. The molecule has 0 amide bonds. The van der Waals surface area contributed by atoms with Crippen LogP contribution < -0.4 is 0 Å². The highest BCUT2D eigenvalue weighted by atomic mass is 32.1. The molecule has 178 valence electrons. The van der Waals surface area contributed by atoms with Crippen molar-refractivity contribution in [2.45, 2.75) is 13.1 Å². The van der Waals surface area contributed by atoms with Crippen LogP contribution in [-0.2, 0) is 6.18 Å². The van der Waals surface area contributed by atoms with Crippen molar-refractivity contribution in [3.05, 3.63) is 90.2 Å². The number of alkyl halides is 3. The van der Waals surface area contributed by atoms with Gasteiger partial charge in [0.25, 0.3) is 0 Å². The summed E-state index contributed by atoms with van der Waals surface area (Å²) in [6.07, 6.45) is 2.14. The van der Waals surface area contributed by atoms with Gasteiger partial charge in [-0.2, -0.15) is 13.2 Å². The third kappa shape index (κ3) is 3.83. The molecule has 11 heteroatoms. The lowest BCUT2D eigenvalue weighted by Gasteiger charge is -2.12. The highest BCUT2D eigenvalue weighted by Crippen LogP contribution is 2.34. The summed E-state index contributed by atoms with van der Waals surface area (Å²) in [4.78, 5) is 21.5. The third-order valence-corrected chi connectivity index (χ3v) is 6.38. The van der Waals surface area contributed by atoms with Crippen LogP contribution in [0.5, 0.6) is 0 Å². The number of imidazole rings is 2. The SMILES string of the molecule is Cc1ccc(-n2cc(-c3nccs3)nc2-c2ccc(-n3c(C(F)(F)F)nc4cccnc43)cc2)cn1. The molecule has 1 aromatic carbocycles. The average molecular weight is 504 g/mol. The van der Waals surface area contributed by atoms with Crippen molar-refractivity contribution in [3.8, 4) is 33.5 Å². The topological polar surface area (TPSA) is 74.3 Å². The number of halogens is 3. The average Bonchev–Trinajstić information content (AvgIpc) is 3.62. The summed E-state index contributed by atoms with van der Waals surface area (Å²) in [6, 6.07) is 13.6. The maximum Gasteiger partial charge on any atom is 0.450 e. The molecule has 0 aliphatic heterocycles. The zero-order valence-electron chi connectivity index (χ0n) is 18.7.